The topological polar surface area (TPSA) is 34.9 Å². The summed E-state index contributed by atoms with van der Waals surface area (Å²) in [6, 6.07) is 8.08. The van der Waals surface area contributed by atoms with Crippen molar-refractivity contribution in [2.45, 2.75) is 13.8 Å². The van der Waals surface area contributed by atoms with Gasteiger partial charge in [-0.1, -0.05) is 36.9 Å². The van der Waals surface area contributed by atoms with Gasteiger partial charge in [-0.3, -0.25) is 4.79 Å². The minimum absolute atomic E-state index is 0.602. The number of carbonyl (C=O) groups is 1. The Labute approximate surface area is 112 Å². The average molecular weight is 252 g/mol. The van der Waals surface area contributed by atoms with Gasteiger partial charge < -0.3 is 0 Å². The van der Waals surface area contributed by atoms with Gasteiger partial charge in [0.25, 0.3) is 0 Å². The molecule has 3 nitrogen and oxygen atoms in total. The second kappa shape index (κ2) is 5.48. The molecule has 0 bridgehead atoms. The Morgan fingerprint density at radius 2 is 1.95 bits per heavy atom. The predicted octanol–water partition coefficient (Wildman–Crippen LogP) is 3.58. The van der Waals surface area contributed by atoms with Crippen molar-refractivity contribution in [1.29, 1.82) is 0 Å². The third kappa shape index (κ3) is 2.55. The molecule has 1 heterocycles. The SMILES string of the molecule is C=Cn1nc(C)c(C=O)c1/C=C/c1ccccc1C. The van der Waals surface area contributed by atoms with E-state index in [1.54, 1.807) is 10.9 Å². The van der Waals surface area contributed by atoms with E-state index in [4.69, 9.17) is 0 Å². The molecular formula is C16H16N2O. The minimum atomic E-state index is 0.602. The van der Waals surface area contributed by atoms with Gasteiger partial charge in [-0.05, 0) is 31.1 Å². The van der Waals surface area contributed by atoms with Gasteiger partial charge in [-0.2, -0.15) is 5.10 Å². The van der Waals surface area contributed by atoms with Crippen molar-refractivity contribution in [3.63, 3.8) is 0 Å². The summed E-state index contributed by atoms with van der Waals surface area (Å²) in [4.78, 5) is 11.1. The van der Waals surface area contributed by atoms with Crippen molar-refractivity contribution in [2.75, 3.05) is 0 Å². The van der Waals surface area contributed by atoms with Crippen molar-refractivity contribution < 1.29 is 4.79 Å². The van der Waals surface area contributed by atoms with Crippen molar-refractivity contribution in [2.24, 2.45) is 0 Å². The largest absolute Gasteiger partial charge is 0.298 e. The van der Waals surface area contributed by atoms with Crippen LogP contribution in [0.5, 0.6) is 0 Å². The fourth-order valence-electron chi connectivity index (χ4n) is 1.97. The molecule has 0 radical (unpaired) electrons. The molecule has 2 rings (SSSR count). The Bertz CT molecular complexity index is 651. The standard InChI is InChI=1S/C16H16N2O/c1-4-18-16(15(11-19)13(3)17-18)10-9-14-8-6-5-7-12(14)2/h4-11H,1H2,2-3H3/b10-9+. The van der Waals surface area contributed by atoms with E-state index < -0.39 is 0 Å². The van der Waals surface area contributed by atoms with Crippen LogP contribution in [0.3, 0.4) is 0 Å². The number of benzene rings is 1. The summed E-state index contributed by atoms with van der Waals surface area (Å²) in [6.45, 7) is 7.57. The number of nitrogens with zero attached hydrogens (tertiary/aromatic N) is 2. The number of rotatable bonds is 4. The molecule has 19 heavy (non-hydrogen) atoms. The number of aromatic nitrogens is 2. The summed E-state index contributed by atoms with van der Waals surface area (Å²) >= 11 is 0. The molecule has 0 atom stereocenters. The van der Waals surface area contributed by atoms with Crippen LogP contribution < -0.4 is 0 Å². The molecule has 0 aliphatic carbocycles. The lowest BCUT2D eigenvalue weighted by atomic mass is 10.1. The first-order chi connectivity index (χ1) is 9.17. The summed E-state index contributed by atoms with van der Waals surface area (Å²) in [7, 11) is 0. The fourth-order valence-corrected chi connectivity index (χ4v) is 1.97. The predicted molar refractivity (Wildman–Crippen MR) is 78.8 cm³/mol. The monoisotopic (exact) mass is 252 g/mol. The van der Waals surface area contributed by atoms with Crippen molar-refractivity contribution >= 4 is 24.6 Å². The fraction of sp³-hybridized carbons (Fsp3) is 0.125. The third-order valence-electron chi connectivity index (χ3n) is 3.07. The van der Waals surface area contributed by atoms with Gasteiger partial charge in [0.1, 0.15) is 0 Å². The molecular weight excluding hydrogens is 236 g/mol. The summed E-state index contributed by atoms with van der Waals surface area (Å²) in [5.41, 5.74) is 4.37. The first-order valence-corrected chi connectivity index (χ1v) is 6.08. The maximum atomic E-state index is 11.1. The highest BCUT2D eigenvalue weighted by atomic mass is 16.1. The van der Waals surface area contributed by atoms with E-state index in [2.05, 4.69) is 24.7 Å². The van der Waals surface area contributed by atoms with Gasteiger partial charge in [0.15, 0.2) is 6.29 Å². The molecule has 0 aliphatic heterocycles. The molecule has 0 unspecified atom stereocenters. The summed E-state index contributed by atoms with van der Waals surface area (Å²) in [6.07, 6.45) is 6.31. The number of hydrogen-bond acceptors (Lipinski definition) is 2. The summed E-state index contributed by atoms with van der Waals surface area (Å²) in [5, 5.41) is 4.25. The van der Waals surface area contributed by atoms with Crippen LogP contribution in [0.4, 0.5) is 0 Å². The summed E-state index contributed by atoms with van der Waals surface area (Å²) < 4.78 is 1.62. The molecule has 3 heteroatoms. The van der Waals surface area contributed by atoms with Crippen LogP contribution in [0.25, 0.3) is 18.4 Å². The van der Waals surface area contributed by atoms with E-state index in [-0.39, 0.29) is 0 Å². The van der Waals surface area contributed by atoms with Gasteiger partial charge in [0.2, 0.25) is 0 Å². The molecule has 0 aliphatic rings. The first kappa shape index (κ1) is 13.0. The second-order valence-electron chi connectivity index (χ2n) is 4.32. The van der Waals surface area contributed by atoms with E-state index in [0.29, 0.717) is 11.3 Å². The van der Waals surface area contributed by atoms with Gasteiger partial charge in [0, 0.05) is 6.20 Å². The van der Waals surface area contributed by atoms with Crippen molar-refractivity contribution in [1.82, 2.24) is 9.78 Å². The highest BCUT2D eigenvalue weighted by molar-refractivity contribution is 5.85. The number of carbonyl (C=O) groups excluding carboxylic acids is 1. The number of aldehydes is 1. The lowest BCUT2D eigenvalue weighted by molar-refractivity contribution is 0.112. The lowest BCUT2D eigenvalue weighted by Gasteiger charge is -2.00. The Morgan fingerprint density at radius 1 is 1.21 bits per heavy atom. The van der Waals surface area contributed by atoms with Crippen LogP contribution in [-0.4, -0.2) is 16.1 Å². The van der Waals surface area contributed by atoms with Gasteiger partial charge in [-0.15, -0.1) is 0 Å². The van der Waals surface area contributed by atoms with Crippen LogP contribution in [0.15, 0.2) is 30.8 Å². The maximum Gasteiger partial charge on any atom is 0.154 e. The zero-order valence-electron chi connectivity index (χ0n) is 11.1. The van der Waals surface area contributed by atoms with E-state index in [0.717, 1.165) is 17.5 Å². The van der Waals surface area contributed by atoms with E-state index >= 15 is 0 Å². The first-order valence-electron chi connectivity index (χ1n) is 6.08. The average Bonchev–Trinajstić information content (AvgIpc) is 2.73. The van der Waals surface area contributed by atoms with Crippen LogP contribution in [-0.2, 0) is 0 Å². The quantitative estimate of drug-likeness (QED) is 0.779. The third-order valence-corrected chi connectivity index (χ3v) is 3.07. The smallest absolute Gasteiger partial charge is 0.154 e. The molecule has 0 spiro atoms. The Hall–Kier alpha value is -2.42. The molecule has 2 aromatic rings. The molecule has 1 aromatic carbocycles. The normalized spacial score (nSPS) is 10.8. The van der Waals surface area contributed by atoms with Gasteiger partial charge in [0.05, 0.1) is 17.0 Å². The Balaban J connectivity index is 2.46. The van der Waals surface area contributed by atoms with Crippen molar-refractivity contribution in [3.05, 3.63) is 58.9 Å². The van der Waals surface area contributed by atoms with Crippen LogP contribution >= 0.6 is 0 Å². The lowest BCUT2D eigenvalue weighted by Crippen LogP contribution is -1.92. The molecule has 96 valence electrons. The van der Waals surface area contributed by atoms with E-state index in [1.807, 2.05) is 37.3 Å². The molecule has 1 aromatic heterocycles. The zero-order chi connectivity index (χ0) is 13.8. The summed E-state index contributed by atoms with van der Waals surface area (Å²) in [5.74, 6) is 0. The van der Waals surface area contributed by atoms with E-state index in [1.165, 1.54) is 5.56 Å². The second-order valence-corrected chi connectivity index (χ2v) is 4.32. The highest BCUT2D eigenvalue weighted by Crippen LogP contribution is 2.17. The van der Waals surface area contributed by atoms with Crippen LogP contribution in [0.2, 0.25) is 0 Å². The van der Waals surface area contributed by atoms with E-state index in [9.17, 15) is 4.79 Å². The molecule has 0 N–H and O–H groups in total. The Kier molecular flexibility index (Phi) is 3.76. The van der Waals surface area contributed by atoms with Gasteiger partial charge >= 0.3 is 0 Å². The highest BCUT2D eigenvalue weighted by Gasteiger charge is 2.10. The van der Waals surface area contributed by atoms with Gasteiger partial charge in [-0.25, -0.2) is 4.68 Å². The zero-order valence-corrected chi connectivity index (χ0v) is 11.1. The molecule has 0 saturated heterocycles. The minimum Gasteiger partial charge on any atom is -0.298 e. The number of hydrogen-bond donors (Lipinski definition) is 0. The number of aryl methyl sites for hydroxylation is 2. The van der Waals surface area contributed by atoms with Crippen LogP contribution in [0, 0.1) is 13.8 Å². The molecule has 0 amide bonds. The molecule has 0 fully saturated rings. The van der Waals surface area contributed by atoms with Crippen LogP contribution in [0.1, 0.15) is 32.9 Å². The maximum absolute atomic E-state index is 11.1. The Morgan fingerprint density at radius 3 is 2.58 bits per heavy atom. The van der Waals surface area contributed by atoms with Crippen molar-refractivity contribution in [3.8, 4) is 0 Å². The molecule has 0 saturated carbocycles.